The molecule has 0 bridgehead atoms. The van der Waals surface area contributed by atoms with E-state index in [-0.39, 0.29) is 56.9 Å². The van der Waals surface area contributed by atoms with Crippen LogP contribution in [0.5, 0.6) is 5.75 Å². The van der Waals surface area contributed by atoms with Gasteiger partial charge in [-0.05, 0) is 18.2 Å². The summed E-state index contributed by atoms with van der Waals surface area (Å²) < 4.78 is 5.04. The van der Waals surface area contributed by atoms with Crippen LogP contribution in [0.4, 0.5) is 0 Å². The van der Waals surface area contributed by atoms with E-state index in [2.05, 4.69) is 10.2 Å². The van der Waals surface area contributed by atoms with Gasteiger partial charge in [-0.25, -0.2) is 5.10 Å². The number of nitrogens with zero attached hydrogens (tertiary/aromatic N) is 1. The second kappa shape index (κ2) is 7.05. The summed E-state index contributed by atoms with van der Waals surface area (Å²) >= 11 is 12.0. The number of aromatic amines is 1. The van der Waals surface area contributed by atoms with Crippen LogP contribution in [0.15, 0.2) is 29.1 Å². The van der Waals surface area contributed by atoms with Crippen LogP contribution in [0.2, 0.25) is 10.0 Å². The van der Waals surface area contributed by atoms with Crippen molar-refractivity contribution in [2.75, 3.05) is 7.11 Å². The molecule has 0 aliphatic carbocycles. The Kier molecular flexibility index (Phi) is 6.33. The molecular formula is C11H9Cl2KN2O2. The number of H-pyrrole nitrogens is 1. The monoisotopic (exact) mass is 310 g/mol. The third kappa shape index (κ3) is 3.57. The van der Waals surface area contributed by atoms with Crippen LogP contribution < -0.4 is 10.3 Å². The standard InChI is InChI=1S/C11H8Cl2N2O2.K.H/c1-17-11-7(12)4-6(5-8(11)13)9-2-3-10(16)15-14-9;;/h2-5H,1H3,(H,15,16);;. The van der Waals surface area contributed by atoms with Gasteiger partial charge in [0.25, 0.3) is 5.56 Å². The molecule has 1 aromatic carbocycles. The molecule has 0 amide bonds. The quantitative estimate of drug-likeness (QED) is 0.864. The first kappa shape index (κ1) is 16.2. The molecule has 1 heterocycles. The van der Waals surface area contributed by atoms with E-state index in [1.54, 1.807) is 18.2 Å². The number of halogens is 2. The number of ether oxygens (including phenoxy) is 1. The van der Waals surface area contributed by atoms with Crippen LogP contribution in [-0.4, -0.2) is 68.7 Å². The third-order valence-electron chi connectivity index (χ3n) is 2.18. The van der Waals surface area contributed by atoms with E-state index in [0.29, 0.717) is 27.1 Å². The van der Waals surface area contributed by atoms with Crippen molar-refractivity contribution >= 4 is 74.6 Å². The van der Waals surface area contributed by atoms with Gasteiger partial charge in [-0.3, -0.25) is 4.79 Å². The zero-order valence-corrected chi connectivity index (χ0v) is 10.3. The Hall–Kier alpha value is 0.116. The molecule has 0 atom stereocenters. The molecule has 90 valence electrons. The maximum atomic E-state index is 10.9. The molecule has 0 spiro atoms. The average molecular weight is 311 g/mol. The van der Waals surface area contributed by atoms with Crippen molar-refractivity contribution in [3.8, 4) is 17.0 Å². The molecule has 4 nitrogen and oxygen atoms in total. The average Bonchev–Trinajstić information content (AvgIpc) is 2.29. The molecule has 7 heteroatoms. The number of hydrogen-bond acceptors (Lipinski definition) is 3. The summed E-state index contributed by atoms with van der Waals surface area (Å²) in [6.45, 7) is 0. The third-order valence-corrected chi connectivity index (χ3v) is 2.74. The Morgan fingerprint density at radius 1 is 1.22 bits per heavy atom. The van der Waals surface area contributed by atoms with Crippen molar-refractivity contribution in [2.24, 2.45) is 0 Å². The summed E-state index contributed by atoms with van der Waals surface area (Å²) in [7, 11) is 1.49. The number of methoxy groups -OCH3 is 1. The number of hydrogen-bond donors (Lipinski definition) is 1. The summed E-state index contributed by atoms with van der Waals surface area (Å²) in [4.78, 5) is 10.9. The Labute approximate surface area is 156 Å². The summed E-state index contributed by atoms with van der Waals surface area (Å²) in [5, 5.41) is 7.02. The predicted molar refractivity (Wildman–Crippen MR) is 74.0 cm³/mol. The molecule has 2 rings (SSSR count). The van der Waals surface area contributed by atoms with Gasteiger partial charge in [0, 0.05) is 11.6 Å². The second-order valence-electron chi connectivity index (χ2n) is 3.28. The maximum absolute atomic E-state index is 10.9. The van der Waals surface area contributed by atoms with Gasteiger partial charge in [-0.2, -0.15) is 5.10 Å². The van der Waals surface area contributed by atoms with Gasteiger partial charge in [0.15, 0.2) is 5.75 Å². The molecule has 2 aromatic rings. The molecule has 0 saturated heterocycles. The first-order chi connectivity index (χ1) is 8.11. The van der Waals surface area contributed by atoms with E-state index >= 15 is 0 Å². The van der Waals surface area contributed by atoms with E-state index in [1.165, 1.54) is 13.2 Å². The molecule has 0 saturated carbocycles. The minimum atomic E-state index is -0.264. The van der Waals surface area contributed by atoms with Crippen molar-refractivity contribution in [1.29, 1.82) is 0 Å². The minimum absolute atomic E-state index is 0. The number of rotatable bonds is 2. The van der Waals surface area contributed by atoms with E-state index in [1.807, 2.05) is 0 Å². The predicted octanol–water partition coefficient (Wildman–Crippen LogP) is 2.10. The first-order valence-corrected chi connectivity index (χ1v) is 5.46. The van der Waals surface area contributed by atoms with Crippen molar-refractivity contribution in [1.82, 2.24) is 10.2 Å². The summed E-state index contributed by atoms with van der Waals surface area (Å²) in [5.41, 5.74) is 1.02. The van der Waals surface area contributed by atoms with E-state index in [0.717, 1.165) is 0 Å². The molecule has 0 unspecified atom stereocenters. The zero-order chi connectivity index (χ0) is 12.4. The van der Waals surface area contributed by atoms with Crippen LogP contribution >= 0.6 is 23.2 Å². The fraction of sp³-hybridized carbons (Fsp3) is 0.0909. The van der Waals surface area contributed by atoms with Crippen molar-refractivity contribution in [2.45, 2.75) is 0 Å². The fourth-order valence-electron chi connectivity index (χ4n) is 1.41. The number of benzene rings is 1. The molecule has 0 radical (unpaired) electrons. The zero-order valence-electron chi connectivity index (χ0n) is 8.83. The molecule has 18 heavy (non-hydrogen) atoms. The van der Waals surface area contributed by atoms with Crippen LogP contribution in [0, 0.1) is 0 Å². The van der Waals surface area contributed by atoms with Crippen LogP contribution in [0.1, 0.15) is 0 Å². The molecule has 0 aliphatic rings. The summed E-state index contributed by atoms with van der Waals surface area (Å²) in [5.74, 6) is 0.418. The second-order valence-corrected chi connectivity index (χ2v) is 4.09. The normalized spacial score (nSPS) is 9.72. The van der Waals surface area contributed by atoms with Gasteiger partial charge >= 0.3 is 51.4 Å². The summed E-state index contributed by atoms with van der Waals surface area (Å²) in [6.07, 6.45) is 0. The van der Waals surface area contributed by atoms with Gasteiger partial charge in [-0.1, -0.05) is 23.2 Å². The Morgan fingerprint density at radius 2 is 1.83 bits per heavy atom. The van der Waals surface area contributed by atoms with Gasteiger partial charge in [0.2, 0.25) is 0 Å². The van der Waals surface area contributed by atoms with Crippen LogP contribution in [-0.2, 0) is 0 Å². The molecule has 1 aromatic heterocycles. The van der Waals surface area contributed by atoms with Crippen molar-refractivity contribution in [3.05, 3.63) is 44.7 Å². The molecule has 1 N–H and O–H groups in total. The van der Waals surface area contributed by atoms with Gasteiger partial charge < -0.3 is 4.74 Å². The Morgan fingerprint density at radius 3 is 2.28 bits per heavy atom. The molecule has 0 fully saturated rings. The molecular weight excluding hydrogens is 302 g/mol. The van der Waals surface area contributed by atoms with Gasteiger partial charge in [0.1, 0.15) is 0 Å². The Balaban J connectivity index is 0.00000162. The van der Waals surface area contributed by atoms with E-state index in [4.69, 9.17) is 27.9 Å². The topological polar surface area (TPSA) is 55.0 Å². The van der Waals surface area contributed by atoms with E-state index in [9.17, 15) is 4.79 Å². The number of nitrogens with one attached hydrogen (secondary N) is 1. The van der Waals surface area contributed by atoms with Crippen molar-refractivity contribution in [3.63, 3.8) is 0 Å². The molecule has 0 aliphatic heterocycles. The van der Waals surface area contributed by atoms with Crippen molar-refractivity contribution < 1.29 is 4.74 Å². The fourth-order valence-corrected chi connectivity index (χ4v) is 2.05. The van der Waals surface area contributed by atoms with Crippen LogP contribution in [0.3, 0.4) is 0 Å². The number of aromatic nitrogens is 2. The van der Waals surface area contributed by atoms with E-state index < -0.39 is 0 Å². The van der Waals surface area contributed by atoms with Gasteiger partial charge in [-0.15, -0.1) is 0 Å². The first-order valence-electron chi connectivity index (χ1n) is 4.71. The Bertz CT molecular complexity index is 573. The SMILES string of the molecule is COc1c(Cl)cc(-c2ccc(=O)[nH]n2)cc1Cl.[KH]. The van der Waals surface area contributed by atoms with Crippen LogP contribution in [0.25, 0.3) is 11.3 Å². The van der Waals surface area contributed by atoms with Gasteiger partial charge in [0.05, 0.1) is 22.8 Å². The summed E-state index contributed by atoms with van der Waals surface area (Å²) in [6, 6.07) is 6.32.